The summed E-state index contributed by atoms with van der Waals surface area (Å²) in [4.78, 5) is 17.1. The van der Waals surface area contributed by atoms with Crippen molar-refractivity contribution in [3.05, 3.63) is 93.5 Å². The van der Waals surface area contributed by atoms with E-state index in [0.29, 0.717) is 47.4 Å². The maximum absolute atomic E-state index is 13.4. The Kier molecular flexibility index (Phi) is 9.15. The molecule has 4 rings (SSSR count). The van der Waals surface area contributed by atoms with Gasteiger partial charge in [-0.3, -0.25) is 14.4 Å². The number of nitrogens with one attached hydrogen (secondary N) is 1. The molecule has 1 unspecified atom stereocenters. The van der Waals surface area contributed by atoms with E-state index < -0.39 is 22.2 Å². The molecule has 1 aliphatic heterocycles. The largest absolute Gasteiger partial charge is 0.392 e. The van der Waals surface area contributed by atoms with Crippen molar-refractivity contribution in [2.75, 3.05) is 31.4 Å². The van der Waals surface area contributed by atoms with Crippen LogP contribution in [0.2, 0.25) is 10.0 Å². The van der Waals surface area contributed by atoms with Gasteiger partial charge in [0.25, 0.3) is 10.0 Å². The molecular formula is C28H28Cl2N4O4S. The first kappa shape index (κ1) is 28.9. The molecule has 0 bridgehead atoms. The minimum absolute atomic E-state index is 0.0310. The number of nitriles is 1. The lowest BCUT2D eigenvalue weighted by molar-refractivity contribution is -0.131. The number of sulfonamides is 1. The average molecular weight is 588 g/mol. The van der Waals surface area contributed by atoms with E-state index in [1.54, 1.807) is 48.3 Å². The number of hydrogen-bond acceptors (Lipinski definition) is 6. The maximum Gasteiger partial charge on any atom is 0.261 e. The van der Waals surface area contributed by atoms with Crippen molar-refractivity contribution >= 4 is 44.8 Å². The Labute approximate surface area is 238 Å². The number of β-amino-alcohol motifs (C(OH)–C–C–N with tert-alkyl or cyclic N) is 1. The van der Waals surface area contributed by atoms with Gasteiger partial charge in [-0.1, -0.05) is 41.4 Å². The van der Waals surface area contributed by atoms with Crippen LogP contribution in [0.5, 0.6) is 0 Å². The number of amides is 1. The molecule has 1 saturated heterocycles. The van der Waals surface area contributed by atoms with Crippen LogP contribution in [0.1, 0.15) is 29.2 Å². The van der Waals surface area contributed by atoms with Gasteiger partial charge in [0.1, 0.15) is 0 Å². The second-order valence-corrected chi connectivity index (χ2v) is 12.0. The van der Waals surface area contributed by atoms with Crippen LogP contribution in [0.3, 0.4) is 0 Å². The van der Waals surface area contributed by atoms with Gasteiger partial charge in [-0.2, -0.15) is 5.26 Å². The Morgan fingerprint density at radius 1 is 1.15 bits per heavy atom. The summed E-state index contributed by atoms with van der Waals surface area (Å²) in [5.74, 6) is -0.151. The Morgan fingerprint density at radius 3 is 2.54 bits per heavy atom. The molecule has 204 valence electrons. The van der Waals surface area contributed by atoms with Crippen LogP contribution in [0.4, 0.5) is 5.69 Å². The third-order valence-corrected chi connectivity index (χ3v) is 8.83. The standard InChI is InChI=1S/C28H28Cl2N4O4S/c1-33(28(36)14-20-7-10-25(29)26(30)13-20)27(18-34-12-11-23(35)17-34)21-3-2-4-22(15-21)32-39(37,38)24-8-5-19(16-31)6-9-24/h2-10,13,15,23,27,32,35H,11-12,14,17-18H2,1H3/t23-,27?/m1/s1. The number of rotatable bonds is 9. The van der Waals surface area contributed by atoms with Gasteiger partial charge in [0, 0.05) is 32.4 Å². The lowest BCUT2D eigenvalue weighted by atomic mass is 10.0. The number of likely N-dealkylation sites (tertiary alicyclic amines) is 1. The normalized spacial score (nSPS) is 16.4. The van der Waals surface area contributed by atoms with Crippen LogP contribution >= 0.6 is 23.2 Å². The second-order valence-electron chi connectivity index (χ2n) is 9.51. The Bertz CT molecular complexity index is 1490. The van der Waals surface area contributed by atoms with E-state index in [2.05, 4.69) is 9.62 Å². The van der Waals surface area contributed by atoms with Crippen molar-refractivity contribution in [2.45, 2.75) is 29.9 Å². The zero-order valence-electron chi connectivity index (χ0n) is 21.2. The van der Waals surface area contributed by atoms with Crippen molar-refractivity contribution < 1.29 is 18.3 Å². The number of hydrogen-bond donors (Lipinski definition) is 2. The number of halogens is 2. The topological polar surface area (TPSA) is 114 Å². The van der Waals surface area contributed by atoms with E-state index in [1.165, 1.54) is 24.3 Å². The number of benzene rings is 3. The average Bonchev–Trinajstić information content (AvgIpc) is 3.33. The first-order valence-corrected chi connectivity index (χ1v) is 14.5. The van der Waals surface area contributed by atoms with Crippen molar-refractivity contribution in [3.63, 3.8) is 0 Å². The Morgan fingerprint density at radius 2 is 1.90 bits per heavy atom. The number of likely N-dealkylation sites (N-methyl/N-ethyl adjacent to an activating group) is 1. The van der Waals surface area contributed by atoms with Crippen molar-refractivity contribution in [1.82, 2.24) is 9.80 Å². The second kappa shape index (κ2) is 12.4. The highest BCUT2D eigenvalue weighted by Gasteiger charge is 2.28. The van der Waals surface area contributed by atoms with Gasteiger partial charge in [-0.15, -0.1) is 0 Å². The summed E-state index contributed by atoms with van der Waals surface area (Å²) in [6.45, 7) is 1.65. The Balaban J connectivity index is 1.58. The number of aliphatic hydroxyl groups excluding tert-OH is 1. The smallest absolute Gasteiger partial charge is 0.261 e. The van der Waals surface area contributed by atoms with Gasteiger partial charge in [0.15, 0.2) is 0 Å². The fraction of sp³-hybridized carbons (Fsp3) is 0.286. The minimum atomic E-state index is -3.90. The highest BCUT2D eigenvalue weighted by Crippen LogP contribution is 2.28. The summed E-state index contributed by atoms with van der Waals surface area (Å²) in [5.41, 5.74) is 2.16. The van der Waals surface area contributed by atoms with Gasteiger partial charge in [-0.05, 0) is 66.1 Å². The molecule has 1 fully saturated rings. The van der Waals surface area contributed by atoms with Gasteiger partial charge >= 0.3 is 0 Å². The van der Waals surface area contributed by atoms with Crippen LogP contribution in [-0.2, 0) is 21.2 Å². The summed E-state index contributed by atoms with van der Waals surface area (Å²) in [6.07, 6.45) is 0.337. The lowest BCUT2D eigenvalue weighted by Gasteiger charge is -2.32. The molecule has 0 saturated carbocycles. The number of carbonyl (C=O) groups is 1. The highest BCUT2D eigenvalue weighted by molar-refractivity contribution is 7.92. The molecule has 11 heteroatoms. The molecule has 0 aromatic heterocycles. The molecule has 1 aliphatic rings. The van der Waals surface area contributed by atoms with Crippen molar-refractivity contribution in [3.8, 4) is 6.07 Å². The van der Waals surface area contributed by atoms with Gasteiger partial charge in [0.2, 0.25) is 5.91 Å². The highest BCUT2D eigenvalue weighted by atomic mass is 35.5. The van der Waals surface area contributed by atoms with Crippen LogP contribution < -0.4 is 4.72 Å². The summed E-state index contributed by atoms with van der Waals surface area (Å²) in [6, 6.07) is 19.2. The first-order chi connectivity index (χ1) is 18.6. The van der Waals surface area contributed by atoms with Crippen LogP contribution in [0.15, 0.2) is 71.6 Å². The van der Waals surface area contributed by atoms with Gasteiger partial charge in [0.05, 0.1) is 45.1 Å². The molecule has 8 nitrogen and oxygen atoms in total. The molecule has 1 amide bonds. The predicted octanol–water partition coefficient (Wildman–Crippen LogP) is 4.47. The van der Waals surface area contributed by atoms with Crippen LogP contribution in [-0.4, -0.2) is 62.0 Å². The van der Waals surface area contributed by atoms with E-state index in [-0.39, 0.29) is 17.2 Å². The van der Waals surface area contributed by atoms with Gasteiger partial charge in [-0.25, -0.2) is 8.42 Å². The zero-order valence-corrected chi connectivity index (χ0v) is 23.5. The molecule has 2 N–H and O–H groups in total. The fourth-order valence-corrected chi connectivity index (χ4v) is 5.90. The molecule has 0 spiro atoms. The maximum atomic E-state index is 13.4. The minimum Gasteiger partial charge on any atom is -0.392 e. The van der Waals surface area contributed by atoms with E-state index >= 15 is 0 Å². The SMILES string of the molecule is CN(C(=O)Cc1ccc(Cl)c(Cl)c1)C(CN1CC[C@@H](O)C1)c1cccc(NS(=O)(=O)c2ccc(C#N)cc2)c1. The molecule has 3 aromatic rings. The monoisotopic (exact) mass is 586 g/mol. The van der Waals surface area contributed by atoms with Crippen LogP contribution in [0.25, 0.3) is 0 Å². The van der Waals surface area contributed by atoms with Crippen molar-refractivity contribution in [2.24, 2.45) is 0 Å². The first-order valence-electron chi connectivity index (χ1n) is 12.3. The molecule has 39 heavy (non-hydrogen) atoms. The number of aliphatic hydroxyl groups is 1. The molecule has 3 aromatic carbocycles. The molecule has 2 atom stereocenters. The van der Waals surface area contributed by atoms with E-state index in [9.17, 15) is 18.3 Å². The summed E-state index contributed by atoms with van der Waals surface area (Å²) < 4.78 is 28.6. The quantitative estimate of drug-likeness (QED) is 0.382. The number of anilines is 1. The van der Waals surface area contributed by atoms with E-state index in [4.69, 9.17) is 28.5 Å². The van der Waals surface area contributed by atoms with Gasteiger partial charge < -0.3 is 10.0 Å². The number of carbonyl (C=O) groups excluding carboxylic acids is 1. The van der Waals surface area contributed by atoms with Crippen molar-refractivity contribution in [1.29, 1.82) is 5.26 Å². The zero-order chi connectivity index (χ0) is 28.2. The van der Waals surface area contributed by atoms with E-state index in [0.717, 1.165) is 11.1 Å². The predicted molar refractivity (Wildman–Crippen MR) is 151 cm³/mol. The third kappa shape index (κ3) is 7.29. The van der Waals surface area contributed by atoms with E-state index in [1.807, 2.05) is 12.1 Å². The number of nitrogens with zero attached hydrogens (tertiary/aromatic N) is 3. The fourth-order valence-electron chi connectivity index (χ4n) is 4.53. The molecule has 0 aliphatic carbocycles. The Hall–Kier alpha value is -3.13. The molecule has 1 heterocycles. The summed E-state index contributed by atoms with van der Waals surface area (Å²) in [5, 5.41) is 19.8. The van der Waals surface area contributed by atoms with Crippen LogP contribution in [0, 0.1) is 11.3 Å². The molecular weight excluding hydrogens is 559 g/mol. The molecule has 0 radical (unpaired) electrons. The summed E-state index contributed by atoms with van der Waals surface area (Å²) in [7, 11) is -2.19. The third-order valence-electron chi connectivity index (χ3n) is 6.70. The lowest BCUT2D eigenvalue weighted by Crippen LogP contribution is -2.39. The summed E-state index contributed by atoms with van der Waals surface area (Å²) >= 11 is 12.2.